The molecule has 2 N–H and O–H groups in total. The number of fused-ring (bicyclic) bond motifs is 1. The van der Waals surface area contributed by atoms with Gasteiger partial charge >= 0.3 is 11.9 Å². The molecule has 0 aliphatic carbocycles. The van der Waals surface area contributed by atoms with Gasteiger partial charge in [-0.15, -0.1) is 0 Å². The fourth-order valence-electron chi connectivity index (χ4n) is 2.68. The van der Waals surface area contributed by atoms with Gasteiger partial charge in [-0.2, -0.15) is 0 Å². The average molecular weight is 300 g/mol. The quantitative estimate of drug-likeness (QED) is 0.850. The van der Waals surface area contributed by atoms with Crippen LogP contribution in [0.1, 0.15) is 36.2 Å². The van der Waals surface area contributed by atoms with Crippen LogP contribution in [0.25, 0.3) is 10.8 Å². The van der Waals surface area contributed by atoms with Crippen molar-refractivity contribution in [3.05, 3.63) is 47.5 Å². The topological polar surface area (TPSA) is 74.6 Å². The third-order valence-electron chi connectivity index (χ3n) is 3.74. The highest BCUT2D eigenvalue weighted by atomic mass is 16.4. The standard InChI is InChI=1S/C18H20O4/c1-11(2)7-16(18(21)22)9-12-3-4-14-10-15(17(19)20)6-5-13(14)8-12/h3-6,8,10-11,16H,7,9H2,1-2H3,(H,19,20)(H,21,22). The number of aromatic carboxylic acids is 1. The number of carboxylic acids is 2. The Morgan fingerprint density at radius 1 is 1.00 bits per heavy atom. The molecule has 2 aromatic rings. The second-order valence-electron chi connectivity index (χ2n) is 6.07. The van der Waals surface area contributed by atoms with Crippen LogP contribution in [-0.4, -0.2) is 22.2 Å². The summed E-state index contributed by atoms with van der Waals surface area (Å²) in [4.78, 5) is 22.3. The number of carboxylic acid groups (broad SMARTS) is 2. The van der Waals surface area contributed by atoms with Gasteiger partial charge in [-0.05, 0) is 47.2 Å². The number of aliphatic carboxylic acids is 1. The molecule has 0 fully saturated rings. The average Bonchev–Trinajstić information content (AvgIpc) is 2.45. The third kappa shape index (κ3) is 3.85. The minimum atomic E-state index is -0.950. The molecule has 0 heterocycles. The van der Waals surface area contributed by atoms with E-state index in [-0.39, 0.29) is 5.56 Å². The van der Waals surface area contributed by atoms with Crippen molar-refractivity contribution in [2.45, 2.75) is 26.7 Å². The van der Waals surface area contributed by atoms with Gasteiger partial charge in [0.15, 0.2) is 0 Å². The van der Waals surface area contributed by atoms with Crippen LogP contribution in [0.4, 0.5) is 0 Å². The molecule has 0 aromatic heterocycles. The van der Waals surface area contributed by atoms with E-state index in [4.69, 9.17) is 5.11 Å². The van der Waals surface area contributed by atoms with Crippen LogP contribution in [0, 0.1) is 11.8 Å². The Balaban J connectivity index is 2.27. The highest BCUT2D eigenvalue weighted by molar-refractivity contribution is 5.94. The maximum Gasteiger partial charge on any atom is 0.335 e. The molecule has 0 saturated carbocycles. The largest absolute Gasteiger partial charge is 0.481 e. The zero-order valence-electron chi connectivity index (χ0n) is 12.7. The van der Waals surface area contributed by atoms with Crippen molar-refractivity contribution >= 4 is 22.7 Å². The summed E-state index contributed by atoms with van der Waals surface area (Å²) < 4.78 is 0. The molecule has 4 heteroatoms. The van der Waals surface area contributed by atoms with Crippen molar-refractivity contribution in [1.82, 2.24) is 0 Å². The molecule has 0 bridgehead atoms. The van der Waals surface area contributed by atoms with Gasteiger partial charge in [-0.1, -0.05) is 38.1 Å². The van der Waals surface area contributed by atoms with E-state index in [0.717, 1.165) is 16.3 Å². The summed E-state index contributed by atoms with van der Waals surface area (Å²) in [5.74, 6) is -1.78. The molecule has 0 aliphatic rings. The van der Waals surface area contributed by atoms with E-state index in [9.17, 15) is 14.7 Å². The lowest BCUT2D eigenvalue weighted by Crippen LogP contribution is -2.18. The summed E-state index contributed by atoms with van der Waals surface area (Å²) in [6.45, 7) is 4.04. The molecule has 1 unspecified atom stereocenters. The summed E-state index contributed by atoms with van der Waals surface area (Å²) in [6.07, 6.45) is 1.13. The van der Waals surface area contributed by atoms with Crippen LogP contribution in [0.5, 0.6) is 0 Å². The minimum absolute atomic E-state index is 0.253. The smallest absolute Gasteiger partial charge is 0.335 e. The zero-order chi connectivity index (χ0) is 16.3. The fourth-order valence-corrected chi connectivity index (χ4v) is 2.68. The summed E-state index contributed by atoms with van der Waals surface area (Å²) in [5.41, 5.74) is 1.21. The van der Waals surface area contributed by atoms with E-state index < -0.39 is 17.9 Å². The van der Waals surface area contributed by atoms with E-state index in [1.165, 1.54) is 0 Å². The fraction of sp³-hybridized carbons (Fsp3) is 0.333. The van der Waals surface area contributed by atoms with Crippen LogP contribution in [0.2, 0.25) is 0 Å². The zero-order valence-corrected chi connectivity index (χ0v) is 12.7. The lowest BCUT2D eigenvalue weighted by molar-refractivity contribution is -0.142. The second-order valence-corrected chi connectivity index (χ2v) is 6.07. The van der Waals surface area contributed by atoms with Crippen molar-refractivity contribution < 1.29 is 19.8 Å². The summed E-state index contributed by atoms with van der Waals surface area (Å²) in [5, 5.41) is 20.1. The molecular formula is C18H20O4. The number of rotatable bonds is 6. The SMILES string of the molecule is CC(C)CC(Cc1ccc2cc(C(=O)O)ccc2c1)C(=O)O. The Morgan fingerprint density at radius 3 is 2.23 bits per heavy atom. The molecule has 22 heavy (non-hydrogen) atoms. The first kappa shape index (κ1) is 16.0. The molecule has 1 atom stereocenters. The molecule has 0 amide bonds. The minimum Gasteiger partial charge on any atom is -0.481 e. The summed E-state index contributed by atoms with van der Waals surface area (Å²) in [7, 11) is 0. The maximum atomic E-state index is 11.4. The van der Waals surface area contributed by atoms with Crippen molar-refractivity contribution in [3.63, 3.8) is 0 Å². The van der Waals surface area contributed by atoms with Gasteiger partial charge in [-0.3, -0.25) is 4.79 Å². The Morgan fingerprint density at radius 2 is 1.64 bits per heavy atom. The predicted molar refractivity (Wildman–Crippen MR) is 85.2 cm³/mol. The highest BCUT2D eigenvalue weighted by Gasteiger charge is 2.19. The van der Waals surface area contributed by atoms with E-state index in [1.54, 1.807) is 18.2 Å². The lowest BCUT2D eigenvalue weighted by atomic mass is 9.90. The monoisotopic (exact) mass is 300 g/mol. The van der Waals surface area contributed by atoms with Crippen molar-refractivity contribution in [2.75, 3.05) is 0 Å². The van der Waals surface area contributed by atoms with Crippen LogP contribution < -0.4 is 0 Å². The van der Waals surface area contributed by atoms with Crippen LogP contribution >= 0.6 is 0 Å². The molecule has 2 aromatic carbocycles. The molecule has 4 nitrogen and oxygen atoms in total. The molecule has 116 valence electrons. The van der Waals surface area contributed by atoms with Gasteiger partial charge in [0.2, 0.25) is 0 Å². The molecule has 2 rings (SSSR count). The van der Waals surface area contributed by atoms with E-state index in [2.05, 4.69) is 0 Å². The van der Waals surface area contributed by atoms with E-state index in [0.29, 0.717) is 18.8 Å². The molecule has 0 aliphatic heterocycles. The highest BCUT2D eigenvalue weighted by Crippen LogP contribution is 2.22. The number of hydrogen-bond donors (Lipinski definition) is 2. The predicted octanol–water partition coefficient (Wildman–Crippen LogP) is 3.83. The van der Waals surface area contributed by atoms with Crippen molar-refractivity contribution in [3.8, 4) is 0 Å². The van der Waals surface area contributed by atoms with Gasteiger partial charge in [0, 0.05) is 0 Å². The van der Waals surface area contributed by atoms with Crippen molar-refractivity contribution in [2.24, 2.45) is 11.8 Å². The van der Waals surface area contributed by atoms with Crippen LogP contribution in [-0.2, 0) is 11.2 Å². The lowest BCUT2D eigenvalue weighted by Gasteiger charge is -2.15. The van der Waals surface area contributed by atoms with Gasteiger partial charge in [0.05, 0.1) is 11.5 Å². The summed E-state index contributed by atoms with van der Waals surface area (Å²) >= 11 is 0. The van der Waals surface area contributed by atoms with Crippen LogP contribution in [0.3, 0.4) is 0 Å². The first-order valence-electron chi connectivity index (χ1n) is 7.35. The Kier molecular flexibility index (Phi) is 4.81. The van der Waals surface area contributed by atoms with Crippen molar-refractivity contribution in [1.29, 1.82) is 0 Å². The maximum absolute atomic E-state index is 11.4. The number of carbonyl (C=O) groups is 2. The van der Waals surface area contributed by atoms with Gasteiger partial charge in [-0.25, -0.2) is 4.79 Å². The second kappa shape index (κ2) is 6.60. The first-order chi connectivity index (χ1) is 10.4. The number of benzene rings is 2. The first-order valence-corrected chi connectivity index (χ1v) is 7.35. The Labute approximate surface area is 129 Å². The molecule has 0 radical (unpaired) electrons. The molecule has 0 spiro atoms. The van der Waals surface area contributed by atoms with Gasteiger partial charge in [0.25, 0.3) is 0 Å². The third-order valence-corrected chi connectivity index (χ3v) is 3.74. The van der Waals surface area contributed by atoms with Gasteiger partial charge in [0.1, 0.15) is 0 Å². The summed E-state index contributed by atoms with van der Waals surface area (Å²) in [6, 6.07) is 10.6. The normalized spacial score (nSPS) is 12.5. The van der Waals surface area contributed by atoms with E-state index in [1.807, 2.05) is 32.0 Å². The van der Waals surface area contributed by atoms with Crippen LogP contribution in [0.15, 0.2) is 36.4 Å². The Bertz CT molecular complexity index is 703. The van der Waals surface area contributed by atoms with E-state index >= 15 is 0 Å². The Hall–Kier alpha value is -2.36. The van der Waals surface area contributed by atoms with Gasteiger partial charge < -0.3 is 10.2 Å². The molecular weight excluding hydrogens is 280 g/mol. The molecule has 0 saturated heterocycles. The number of hydrogen-bond acceptors (Lipinski definition) is 2.